The van der Waals surface area contributed by atoms with E-state index in [1.807, 2.05) is 84.9 Å². The number of hydrogen-bond donors (Lipinski definition) is 2. The molecule has 2 N–H and O–H groups in total. The maximum Gasteiger partial charge on any atom is 0.255 e. The number of anilines is 1. The molecule has 0 fully saturated rings. The third-order valence-electron chi connectivity index (χ3n) is 5.30. The number of benzene rings is 4. The fraction of sp³-hybridized carbons (Fsp3) is 0.0357. The number of nitrogens with zero attached hydrogens (tertiary/aromatic N) is 1. The maximum absolute atomic E-state index is 12.5. The zero-order valence-corrected chi connectivity index (χ0v) is 19.6. The van der Waals surface area contributed by atoms with E-state index in [4.69, 9.17) is 4.74 Å². The van der Waals surface area contributed by atoms with Gasteiger partial charge >= 0.3 is 0 Å². The van der Waals surface area contributed by atoms with Gasteiger partial charge in [0.15, 0.2) is 0 Å². The Labute approximate surface area is 204 Å². The summed E-state index contributed by atoms with van der Waals surface area (Å²) in [6.07, 6.45) is 2.17. The number of para-hydroxylation sites is 1. The van der Waals surface area contributed by atoms with Crippen LogP contribution in [0.4, 0.5) is 5.69 Å². The van der Waals surface area contributed by atoms with Crippen molar-refractivity contribution in [1.82, 2.24) is 9.97 Å². The molecule has 7 heteroatoms. The standard InChI is InChI=1S/C28H23N3O3S/c32-35(33,18-17-21-7-3-1-4-8-21)31-23-13-16-26-27(20-23)30-28(29-26)19-22-11-14-25(15-12-22)34-24-9-5-2-6-10-24/h1-18,20,31H,19H2,(H,29,30)/b18-17+. The number of aromatic nitrogens is 2. The van der Waals surface area contributed by atoms with E-state index >= 15 is 0 Å². The monoisotopic (exact) mass is 481 g/mol. The molecule has 0 aliphatic carbocycles. The average molecular weight is 482 g/mol. The number of sulfonamides is 1. The van der Waals surface area contributed by atoms with Crippen molar-refractivity contribution in [3.63, 3.8) is 0 Å². The van der Waals surface area contributed by atoms with Crippen LogP contribution in [0.5, 0.6) is 11.5 Å². The molecule has 1 heterocycles. The number of fused-ring (bicyclic) bond motifs is 1. The molecule has 0 bridgehead atoms. The molecule has 1 aromatic heterocycles. The predicted octanol–water partition coefficient (Wildman–Crippen LogP) is 6.36. The van der Waals surface area contributed by atoms with Gasteiger partial charge < -0.3 is 9.72 Å². The predicted molar refractivity (Wildman–Crippen MR) is 140 cm³/mol. The Balaban J connectivity index is 1.26. The zero-order valence-electron chi connectivity index (χ0n) is 18.8. The Kier molecular flexibility index (Phi) is 6.32. The van der Waals surface area contributed by atoms with Crippen LogP contribution >= 0.6 is 0 Å². The summed E-state index contributed by atoms with van der Waals surface area (Å²) in [6.45, 7) is 0. The zero-order chi connectivity index (χ0) is 24.1. The van der Waals surface area contributed by atoms with Crippen molar-refractivity contribution in [3.8, 4) is 11.5 Å². The summed E-state index contributed by atoms with van der Waals surface area (Å²) < 4.78 is 33.4. The molecule has 0 atom stereocenters. The fourth-order valence-electron chi connectivity index (χ4n) is 3.63. The van der Waals surface area contributed by atoms with Gasteiger partial charge in [-0.15, -0.1) is 0 Å². The lowest BCUT2D eigenvalue weighted by molar-refractivity contribution is 0.482. The summed E-state index contributed by atoms with van der Waals surface area (Å²) in [5, 5.41) is 1.16. The van der Waals surface area contributed by atoms with Crippen LogP contribution in [-0.2, 0) is 16.4 Å². The van der Waals surface area contributed by atoms with Gasteiger partial charge in [-0.3, -0.25) is 4.72 Å². The summed E-state index contributed by atoms with van der Waals surface area (Å²) in [4.78, 5) is 7.92. The lowest BCUT2D eigenvalue weighted by Crippen LogP contribution is -2.08. The minimum absolute atomic E-state index is 0.466. The molecule has 4 aromatic carbocycles. The van der Waals surface area contributed by atoms with E-state index in [2.05, 4.69) is 14.7 Å². The highest BCUT2D eigenvalue weighted by molar-refractivity contribution is 7.95. The average Bonchev–Trinajstić information content (AvgIpc) is 3.27. The van der Waals surface area contributed by atoms with Gasteiger partial charge in [0.2, 0.25) is 0 Å². The van der Waals surface area contributed by atoms with Crippen LogP contribution < -0.4 is 9.46 Å². The highest BCUT2D eigenvalue weighted by Gasteiger charge is 2.09. The molecular formula is C28H23N3O3S. The number of aromatic amines is 1. The number of H-pyrrole nitrogens is 1. The topological polar surface area (TPSA) is 84.1 Å². The van der Waals surface area contributed by atoms with Crippen molar-refractivity contribution in [2.75, 3.05) is 4.72 Å². The van der Waals surface area contributed by atoms with E-state index in [1.165, 1.54) is 0 Å². The summed E-state index contributed by atoms with van der Waals surface area (Å²) in [7, 11) is -3.65. The molecule has 5 aromatic rings. The van der Waals surface area contributed by atoms with Crippen LogP contribution in [0.15, 0.2) is 109 Å². The lowest BCUT2D eigenvalue weighted by Gasteiger charge is -2.06. The number of hydrogen-bond acceptors (Lipinski definition) is 4. The first kappa shape index (κ1) is 22.4. The number of nitrogens with one attached hydrogen (secondary N) is 2. The van der Waals surface area contributed by atoms with Gasteiger partial charge in [-0.2, -0.15) is 0 Å². The summed E-state index contributed by atoms with van der Waals surface area (Å²) >= 11 is 0. The van der Waals surface area contributed by atoms with E-state index < -0.39 is 10.0 Å². The van der Waals surface area contributed by atoms with Crippen molar-refractivity contribution in [2.24, 2.45) is 0 Å². The van der Waals surface area contributed by atoms with Gasteiger partial charge in [0.25, 0.3) is 10.0 Å². The Morgan fingerprint density at radius 3 is 2.26 bits per heavy atom. The minimum Gasteiger partial charge on any atom is -0.457 e. The van der Waals surface area contributed by atoms with Crippen LogP contribution in [0.25, 0.3) is 17.1 Å². The second-order valence-corrected chi connectivity index (χ2v) is 9.58. The molecular weight excluding hydrogens is 458 g/mol. The molecule has 0 unspecified atom stereocenters. The second-order valence-electron chi connectivity index (χ2n) is 8.01. The quantitative estimate of drug-likeness (QED) is 0.270. The normalized spacial score (nSPS) is 11.7. The Hall–Kier alpha value is -4.36. The van der Waals surface area contributed by atoms with Crippen molar-refractivity contribution >= 4 is 32.8 Å². The number of rotatable bonds is 8. The molecule has 0 radical (unpaired) electrons. The molecule has 5 rings (SSSR count). The van der Waals surface area contributed by atoms with Crippen LogP contribution in [0.3, 0.4) is 0 Å². The summed E-state index contributed by atoms with van der Waals surface area (Å²) in [5.74, 6) is 2.35. The third kappa shape index (κ3) is 5.96. The van der Waals surface area contributed by atoms with Crippen LogP contribution in [0.2, 0.25) is 0 Å². The van der Waals surface area contributed by atoms with E-state index in [9.17, 15) is 8.42 Å². The Morgan fingerprint density at radius 1 is 0.829 bits per heavy atom. The molecule has 0 aliphatic heterocycles. The highest BCUT2D eigenvalue weighted by atomic mass is 32.2. The minimum atomic E-state index is -3.65. The van der Waals surface area contributed by atoms with Gasteiger partial charge in [0, 0.05) is 6.42 Å². The highest BCUT2D eigenvalue weighted by Crippen LogP contribution is 2.23. The summed E-state index contributed by atoms with van der Waals surface area (Å²) in [5.41, 5.74) is 3.89. The van der Waals surface area contributed by atoms with E-state index in [0.29, 0.717) is 12.1 Å². The van der Waals surface area contributed by atoms with Crippen molar-refractivity contribution < 1.29 is 13.2 Å². The van der Waals surface area contributed by atoms with Crippen LogP contribution in [0.1, 0.15) is 17.0 Å². The molecule has 0 aliphatic rings. The summed E-state index contributed by atoms with van der Waals surface area (Å²) in [6, 6.07) is 32.0. The number of ether oxygens (including phenoxy) is 1. The van der Waals surface area contributed by atoms with Crippen molar-refractivity contribution in [3.05, 3.63) is 125 Å². The van der Waals surface area contributed by atoms with Gasteiger partial charge in [-0.25, -0.2) is 13.4 Å². The second kappa shape index (κ2) is 9.87. The van der Waals surface area contributed by atoms with Gasteiger partial charge in [-0.05, 0) is 59.7 Å². The fourth-order valence-corrected chi connectivity index (χ4v) is 4.49. The first-order valence-electron chi connectivity index (χ1n) is 11.1. The Bertz CT molecular complexity index is 1560. The van der Waals surface area contributed by atoms with E-state index in [0.717, 1.165) is 44.9 Å². The molecule has 0 saturated heterocycles. The van der Waals surface area contributed by atoms with Gasteiger partial charge in [0.05, 0.1) is 22.1 Å². The smallest absolute Gasteiger partial charge is 0.255 e. The third-order valence-corrected chi connectivity index (χ3v) is 6.32. The molecule has 174 valence electrons. The van der Waals surface area contributed by atoms with Crippen LogP contribution in [-0.4, -0.2) is 18.4 Å². The first-order valence-corrected chi connectivity index (χ1v) is 12.6. The Morgan fingerprint density at radius 2 is 1.51 bits per heavy atom. The molecule has 6 nitrogen and oxygen atoms in total. The van der Waals surface area contributed by atoms with Gasteiger partial charge in [0.1, 0.15) is 17.3 Å². The van der Waals surface area contributed by atoms with Crippen molar-refractivity contribution in [1.29, 1.82) is 0 Å². The molecule has 0 spiro atoms. The van der Waals surface area contributed by atoms with Gasteiger partial charge in [-0.1, -0.05) is 60.7 Å². The largest absolute Gasteiger partial charge is 0.457 e. The molecule has 0 amide bonds. The first-order chi connectivity index (χ1) is 17.0. The van der Waals surface area contributed by atoms with Crippen molar-refractivity contribution in [2.45, 2.75) is 6.42 Å². The molecule has 35 heavy (non-hydrogen) atoms. The SMILES string of the molecule is O=S(=O)(/C=C/c1ccccc1)Nc1ccc2nc(Cc3ccc(Oc4ccccc4)cc3)[nH]c2c1. The molecule has 0 saturated carbocycles. The maximum atomic E-state index is 12.5. The van der Waals surface area contributed by atoms with E-state index in [-0.39, 0.29) is 0 Å². The number of imidazole rings is 1. The lowest BCUT2D eigenvalue weighted by atomic mass is 10.1. The van der Waals surface area contributed by atoms with Crippen LogP contribution in [0, 0.1) is 0 Å². The van der Waals surface area contributed by atoms with E-state index in [1.54, 1.807) is 24.3 Å².